The topological polar surface area (TPSA) is 91.1 Å². The molecule has 2 aromatic rings. The van der Waals surface area contributed by atoms with Crippen molar-refractivity contribution in [3.05, 3.63) is 36.0 Å². The Morgan fingerprint density at radius 2 is 2.11 bits per heavy atom. The van der Waals surface area contributed by atoms with E-state index in [9.17, 15) is 8.42 Å². The minimum absolute atomic E-state index is 0.168. The van der Waals surface area contributed by atoms with E-state index in [1.165, 1.54) is 17.1 Å². The first-order chi connectivity index (χ1) is 8.79. The number of aromatic nitrogens is 2. The Labute approximate surface area is 112 Å². The van der Waals surface area contributed by atoms with Gasteiger partial charge < -0.3 is 10.2 Å². The number of nitrogens with two attached hydrogens (primary N) is 1. The maximum Gasteiger partial charge on any atom is 0.178 e. The van der Waals surface area contributed by atoms with E-state index in [1.54, 1.807) is 0 Å². The fraction of sp³-hybridized carbons (Fsp3) is 0.417. The van der Waals surface area contributed by atoms with Crippen molar-refractivity contribution in [2.24, 2.45) is 5.73 Å². The third kappa shape index (κ3) is 2.87. The van der Waals surface area contributed by atoms with Gasteiger partial charge in [-0.2, -0.15) is 5.10 Å². The standard InChI is InChI=1S/C12H17N3O3S/c1-8-4-5-11(18-8)12(9(2)13)15-7-10(6-14-15)19(3,16)17/h4-7,9,12H,13H2,1-3H3. The summed E-state index contributed by atoms with van der Waals surface area (Å²) in [4.78, 5) is 0.168. The second-order valence-corrected chi connectivity index (χ2v) is 6.70. The normalized spacial score (nSPS) is 15.4. The molecule has 0 aliphatic rings. The summed E-state index contributed by atoms with van der Waals surface area (Å²) in [6.07, 6.45) is 3.94. The predicted molar refractivity (Wildman–Crippen MR) is 70.6 cm³/mol. The van der Waals surface area contributed by atoms with Crippen molar-refractivity contribution in [1.29, 1.82) is 0 Å². The van der Waals surface area contributed by atoms with Crippen LogP contribution in [0.1, 0.15) is 24.5 Å². The molecule has 0 aliphatic carbocycles. The molecule has 2 unspecified atom stereocenters. The molecular formula is C12H17N3O3S. The van der Waals surface area contributed by atoms with E-state index in [4.69, 9.17) is 10.2 Å². The Bertz CT molecular complexity index is 670. The highest BCUT2D eigenvalue weighted by Gasteiger charge is 2.24. The van der Waals surface area contributed by atoms with Gasteiger partial charge in [0.1, 0.15) is 22.5 Å². The zero-order valence-corrected chi connectivity index (χ0v) is 11.9. The molecule has 104 valence electrons. The van der Waals surface area contributed by atoms with E-state index in [0.29, 0.717) is 5.76 Å². The summed E-state index contributed by atoms with van der Waals surface area (Å²) in [6.45, 7) is 3.66. The molecule has 0 radical (unpaired) electrons. The molecule has 2 aromatic heterocycles. The van der Waals surface area contributed by atoms with Crippen LogP contribution in [0, 0.1) is 6.92 Å². The molecular weight excluding hydrogens is 266 g/mol. The van der Waals surface area contributed by atoms with Crippen LogP contribution in [0.15, 0.2) is 33.8 Å². The second-order valence-electron chi connectivity index (χ2n) is 4.68. The van der Waals surface area contributed by atoms with Crippen LogP contribution in [0.2, 0.25) is 0 Å². The summed E-state index contributed by atoms with van der Waals surface area (Å²) in [5.74, 6) is 1.44. The molecule has 0 spiro atoms. The maximum absolute atomic E-state index is 11.5. The molecule has 0 fully saturated rings. The third-order valence-corrected chi connectivity index (χ3v) is 3.91. The van der Waals surface area contributed by atoms with E-state index >= 15 is 0 Å². The van der Waals surface area contributed by atoms with Gasteiger partial charge in [-0.05, 0) is 26.0 Å². The zero-order valence-electron chi connectivity index (χ0n) is 11.1. The average Bonchev–Trinajstić information content (AvgIpc) is 2.87. The van der Waals surface area contributed by atoms with Crippen molar-refractivity contribution in [3.8, 4) is 0 Å². The van der Waals surface area contributed by atoms with Gasteiger partial charge in [0, 0.05) is 18.5 Å². The van der Waals surface area contributed by atoms with Crippen molar-refractivity contribution in [3.63, 3.8) is 0 Å². The highest BCUT2D eigenvalue weighted by molar-refractivity contribution is 7.90. The van der Waals surface area contributed by atoms with E-state index < -0.39 is 9.84 Å². The molecule has 2 N–H and O–H groups in total. The number of rotatable bonds is 4. The molecule has 2 heterocycles. The number of nitrogens with zero attached hydrogens (tertiary/aromatic N) is 2. The molecule has 0 saturated carbocycles. The molecule has 6 nitrogen and oxygen atoms in total. The fourth-order valence-corrected chi connectivity index (χ4v) is 2.45. The van der Waals surface area contributed by atoms with Crippen molar-refractivity contribution < 1.29 is 12.8 Å². The summed E-state index contributed by atoms with van der Waals surface area (Å²) in [6, 6.07) is 3.07. The second kappa shape index (κ2) is 4.82. The van der Waals surface area contributed by atoms with Crippen LogP contribution in [0.5, 0.6) is 0 Å². The van der Waals surface area contributed by atoms with Crippen molar-refractivity contribution >= 4 is 9.84 Å². The molecule has 2 rings (SSSR count). The monoisotopic (exact) mass is 283 g/mol. The Hall–Kier alpha value is -1.60. The molecule has 0 aliphatic heterocycles. The van der Waals surface area contributed by atoms with Gasteiger partial charge in [0.25, 0.3) is 0 Å². The Morgan fingerprint density at radius 1 is 1.42 bits per heavy atom. The molecule has 0 saturated heterocycles. The van der Waals surface area contributed by atoms with E-state index in [0.717, 1.165) is 12.0 Å². The van der Waals surface area contributed by atoms with E-state index in [1.807, 2.05) is 26.0 Å². The molecule has 7 heteroatoms. The van der Waals surface area contributed by atoms with Gasteiger partial charge in [-0.15, -0.1) is 0 Å². The lowest BCUT2D eigenvalue weighted by atomic mass is 10.1. The van der Waals surface area contributed by atoms with Crippen molar-refractivity contribution in [2.75, 3.05) is 6.26 Å². The first-order valence-electron chi connectivity index (χ1n) is 5.85. The van der Waals surface area contributed by atoms with Gasteiger partial charge in [-0.25, -0.2) is 8.42 Å². The van der Waals surface area contributed by atoms with Gasteiger partial charge in [0.15, 0.2) is 9.84 Å². The van der Waals surface area contributed by atoms with Crippen LogP contribution >= 0.6 is 0 Å². The number of aryl methyl sites for hydroxylation is 1. The Morgan fingerprint density at radius 3 is 2.53 bits per heavy atom. The first kappa shape index (κ1) is 13.8. The third-order valence-electron chi connectivity index (χ3n) is 2.84. The number of hydrogen-bond acceptors (Lipinski definition) is 5. The highest BCUT2D eigenvalue weighted by atomic mass is 32.2. The van der Waals surface area contributed by atoms with E-state index in [2.05, 4.69) is 5.10 Å². The van der Waals surface area contributed by atoms with Crippen LogP contribution in [-0.4, -0.2) is 30.5 Å². The molecule has 2 atom stereocenters. The van der Waals surface area contributed by atoms with Crippen LogP contribution in [-0.2, 0) is 9.84 Å². The van der Waals surface area contributed by atoms with Crippen LogP contribution < -0.4 is 5.73 Å². The molecule has 0 bridgehead atoms. The average molecular weight is 283 g/mol. The zero-order chi connectivity index (χ0) is 14.2. The van der Waals surface area contributed by atoms with Gasteiger partial charge in [0.2, 0.25) is 0 Å². The molecule has 0 amide bonds. The molecule has 0 aromatic carbocycles. The minimum Gasteiger partial charge on any atom is -0.464 e. The minimum atomic E-state index is -3.27. The quantitative estimate of drug-likeness (QED) is 0.908. The van der Waals surface area contributed by atoms with Gasteiger partial charge in [0.05, 0.1) is 6.20 Å². The van der Waals surface area contributed by atoms with Crippen LogP contribution in [0.25, 0.3) is 0 Å². The van der Waals surface area contributed by atoms with Crippen LogP contribution in [0.4, 0.5) is 0 Å². The van der Waals surface area contributed by atoms with Crippen LogP contribution in [0.3, 0.4) is 0 Å². The van der Waals surface area contributed by atoms with Gasteiger partial charge in [-0.3, -0.25) is 4.68 Å². The SMILES string of the molecule is Cc1ccc(C(C(C)N)n2cc(S(C)(=O)=O)cn2)o1. The number of sulfone groups is 1. The van der Waals surface area contributed by atoms with E-state index in [-0.39, 0.29) is 17.0 Å². The summed E-state index contributed by atoms with van der Waals surface area (Å²) >= 11 is 0. The smallest absolute Gasteiger partial charge is 0.178 e. The van der Waals surface area contributed by atoms with Crippen molar-refractivity contribution in [2.45, 2.75) is 30.8 Å². The predicted octanol–water partition coefficient (Wildman–Crippen LogP) is 1.12. The summed E-state index contributed by atoms with van der Waals surface area (Å²) in [5, 5.41) is 4.09. The lowest BCUT2D eigenvalue weighted by Gasteiger charge is -2.19. The lowest BCUT2D eigenvalue weighted by Crippen LogP contribution is -2.30. The van der Waals surface area contributed by atoms with Crippen molar-refractivity contribution in [1.82, 2.24) is 9.78 Å². The van der Waals surface area contributed by atoms with Gasteiger partial charge in [-0.1, -0.05) is 0 Å². The summed E-state index contributed by atoms with van der Waals surface area (Å²) in [5.41, 5.74) is 5.96. The lowest BCUT2D eigenvalue weighted by molar-refractivity contribution is 0.360. The maximum atomic E-state index is 11.5. The first-order valence-corrected chi connectivity index (χ1v) is 7.74. The summed E-state index contributed by atoms with van der Waals surface area (Å²) < 4.78 is 30.0. The Balaban J connectivity index is 2.43. The summed E-state index contributed by atoms with van der Waals surface area (Å²) in [7, 11) is -3.27. The largest absolute Gasteiger partial charge is 0.464 e. The highest BCUT2D eigenvalue weighted by Crippen LogP contribution is 2.23. The molecule has 19 heavy (non-hydrogen) atoms. The van der Waals surface area contributed by atoms with Gasteiger partial charge >= 0.3 is 0 Å². The Kier molecular flexibility index (Phi) is 3.51. The number of furan rings is 1. The fourth-order valence-electron chi connectivity index (χ4n) is 1.91. The number of hydrogen-bond donors (Lipinski definition) is 1.